The van der Waals surface area contributed by atoms with Crippen molar-refractivity contribution in [2.75, 3.05) is 0 Å². The standard InChI is InChI=1S/C12H22N4/c1-10-5-3-4-6-12(10)15-11(2)7-16-8-13-14-9-16/h8-12,15H,3-7H2,1-2H3. The lowest BCUT2D eigenvalue weighted by molar-refractivity contribution is 0.254. The van der Waals surface area contributed by atoms with Gasteiger partial charge in [-0.25, -0.2) is 0 Å². The summed E-state index contributed by atoms with van der Waals surface area (Å²) < 4.78 is 2.03. The SMILES string of the molecule is CC(Cn1cnnc1)NC1CCCCC1C. The van der Waals surface area contributed by atoms with E-state index in [4.69, 9.17) is 0 Å². The van der Waals surface area contributed by atoms with Gasteiger partial charge in [-0.3, -0.25) is 0 Å². The lowest BCUT2D eigenvalue weighted by atomic mass is 9.85. The number of nitrogens with one attached hydrogen (secondary N) is 1. The van der Waals surface area contributed by atoms with E-state index in [9.17, 15) is 0 Å². The number of nitrogens with zero attached hydrogens (tertiary/aromatic N) is 3. The first-order chi connectivity index (χ1) is 7.75. The van der Waals surface area contributed by atoms with Gasteiger partial charge in [0.1, 0.15) is 12.7 Å². The van der Waals surface area contributed by atoms with Crippen molar-refractivity contribution in [1.29, 1.82) is 0 Å². The fourth-order valence-electron chi connectivity index (χ4n) is 2.61. The van der Waals surface area contributed by atoms with Crippen LogP contribution in [0.4, 0.5) is 0 Å². The molecule has 3 atom stereocenters. The maximum atomic E-state index is 3.82. The van der Waals surface area contributed by atoms with Crippen LogP contribution in [0.25, 0.3) is 0 Å². The molecule has 0 spiro atoms. The average Bonchev–Trinajstić information content (AvgIpc) is 2.74. The quantitative estimate of drug-likeness (QED) is 0.845. The Bertz CT molecular complexity index is 296. The molecule has 0 amide bonds. The van der Waals surface area contributed by atoms with E-state index in [1.54, 1.807) is 12.7 Å². The van der Waals surface area contributed by atoms with Crippen LogP contribution in [0.5, 0.6) is 0 Å². The highest BCUT2D eigenvalue weighted by atomic mass is 15.2. The van der Waals surface area contributed by atoms with Gasteiger partial charge in [0.15, 0.2) is 0 Å². The van der Waals surface area contributed by atoms with E-state index >= 15 is 0 Å². The fraction of sp³-hybridized carbons (Fsp3) is 0.833. The molecule has 0 radical (unpaired) electrons. The van der Waals surface area contributed by atoms with Crippen LogP contribution in [-0.2, 0) is 6.54 Å². The average molecular weight is 222 g/mol. The van der Waals surface area contributed by atoms with Crippen LogP contribution in [0, 0.1) is 5.92 Å². The summed E-state index contributed by atoms with van der Waals surface area (Å²) in [6.45, 7) is 5.56. The molecule has 2 rings (SSSR count). The van der Waals surface area contributed by atoms with Gasteiger partial charge in [-0.2, -0.15) is 0 Å². The topological polar surface area (TPSA) is 42.7 Å². The van der Waals surface area contributed by atoms with Crippen molar-refractivity contribution in [1.82, 2.24) is 20.1 Å². The predicted octanol–water partition coefficient (Wildman–Crippen LogP) is 1.83. The Morgan fingerprint density at radius 2 is 2.00 bits per heavy atom. The Morgan fingerprint density at radius 1 is 1.31 bits per heavy atom. The van der Waals surface area contributed by atoms with Crippen molar-refractivity contribution in [3.63, 3.8) is 0 Å². The Kier molecular flexibility index (Phi) is 3.93. The van der Waals surface area contributed by atoms with Gasteiger partial charge in [-0.05, 0) is 25.7 Å². The molecule has 1 N–H and O–H groups in total. The predicted molar refractivity (Wildman–Crippen MR) is 64.0 cm³/mol. The van der Waals surface area contributed by atoms with E-state index in [1.165, 1.54) is 25.7 Å². The molecule has 0 aliphatic heterocycles. The van der Waals surface area contributed by atoms with E-state index in [-0.39, 0.29) is 0 Å². The second-order valence-electron chi connectivity index (χ2n) is 5.09. The lowest BCUT2D eigenvalue weighted by Gasteiger charge is -2.32. The molecule has 0 aromatic carbocycles. The molecular formula is C12H22N4. The maximum absolute atomic E-state index is 3.82. The minimum absolute atomic E-state index is 0.488. The van der Waals surface area contributed by atoms with Crippen LogP contribution in [-0.4, -0.2) is 26.8 Å². The normalized spacial score (nSPS) is 27.9. The van der Waals surface area contributed by atoms with Gasteiger partial charge < -0.3 is 9.88 Å². The second kappa shape index (κ2) is 5.43. The van der Waals surface area contributed by atoms with Crippen LogP contribution < -0.4 is 5.32 Å². The van der Waals surface area contributed by atoms with E-state index in [0.29, 0.717) is 12.1 Å². The third-order valence-electron chi connectivity index (χ3n) is 3.56. The number of aromatic nitrogens is 3. The summed E-state index contributed by atoms with van der Waals surface area (Å²) >= 11 is 0. The van der Waals surface area contributed by atoms with Crippen LogP contribution >= 0.6 is 0 Å². The number of rotatable bonds is 4. The number of hydrogen-bond acceptors (Lipinski definition) is 3. The van der Waals surface area contributed by atoms with Crippen molar-refractivity contribution in [2.24, 2.45) is 5.92 Å². The molecule has 16 heavy (non-hydrogen) atoms. The zero-order valence-corrected chi connectivity index (χ0v) is 10.3. The van der Waals surface area contributed by atoms with Crippen LogP contribution in [0.2, 0.25) is 0 Å². The first-order valence-corrected chi connectivity index (χ1v) is 6.34. The van der Waals surface area contributed by atoms with Crippen LogP contribution in [0.15, 0.2) is 12.7 Å². The first kappa shape index (κ1) is 11.6. The fourth-order valence-corrected chi connectivity index (χ4v) is 2.61. The Labute approximate surface area is 97.5 Å². The molecule has 0 saturated heterocycles. The van der Waals surface area contributed by atoms with Crippen LogP contribution in [0.3, 0.4) is 0 Å². The van der Waals surface area contributed by atoms with Crippen molar-refractivity contribution in [3.8, 4) is 0 Å². The summed E-state index contributed by atoms with van der Waals surface area (Å²) in [5, 5.41) is 11.4. The lowest BCUT2D eigenvalue weighted by Crippen LogP contribution is -2.43. The molecule has 4 nitrogen and oxygen atoms in total. The Balaban J connectivity index is 1.79. The van der Waals surface area contributed by atoms with E-state index in [0.717, 1.165) is 12.5 Å². The monoisotopic (exact) mass is 222 g/mol. The zero-order valence-electron chi connectivity index (χ0n) is 10.3. The third-order valence-corrected chi connectivity index (χ3v) is 3.56. The summed E-state index contributed by atoms with van der Waals surface area (Å²) in [7, 11) is 0. The van der Waals surface area contributed by atoms with Gasteiger partial charge in [0.05, 0.1) is 0 Å². The van der Waals surface area contributed by atoms with E-state index in [1.807, 2.05) is 4.57 Å². The third kappa shape index (κ3) is 3.04. The van der Waals surface area contributed by atoms with Gasteiger partial charge in [0.25, 0.3) is 0 Å². The molecule has 1 fully saturated rings. The maximum Gasteiger partial charge on any atom is 0.119 e. The van der Waals surface area contributed by atoms with Crippen molar-refractivity contribution >= 4 is 0 Å². The Hall–Kier alpha value is -0.900. The van der Waals surface area contributed by atoms with Gasteiger partial charge in [0.2, 0.25) is 0 Å². The molecule has 4 heteroatoms. The highest BCUT2D eigenvalue weighted by Crippen LogP contribution is 2.24. The summed E-state index contributed by atoms with van der Waals surface area (Å²) in [4.78, 5) is 0. The van der Waals surface area contributed by atoms with E-state index in [2.05, 4.69) is 29.4 Å². The molecular weight excluding hydrogens is 200 g/mol. The molecule has 1 aromatic heterocycles. The minimum atomic E-state index is 0.488. The first-order valence-electron chi connectivity index (χ1n) is 6.34. The smallest absolute Gasteiger partial charge is 0.119 e. The summed E-state index contributed by atoms with van der Waals surface area (Å²) in [6.07, 6.45) is 9.04. The molecule has 0 bridgehead atoms. The van der Waals surface area contributed by atoms with Gasteiger partial charge in [-0.15, -0.1) is 10.2 Å². The number of hydrogen-bond donors (Lipinski definition) is 1. The van der Waals surface area contributed by atoms with Gasteiger partial charge in [-0.1, -0.05) is 19.8 Å². The molecule has 3 unspecified atom stereocenters. The highest BCUT2D eigenvalue weighted by Gasteiger charge is 2.22. The van der Waals surface area contributed by atoms with Gasteiger partial charge >= 0.3 is 0 Å². The largest absolute Gasteiger partial charge is 0.319 e. The summed E-state index contributed by atoms with van der Waals surface area (Å²) in [5.74, 6) is 0.817. The molecule has 1 aromatic rings. The molecule has 90 valence electrons. The molecule has 1 saturated carbocycles. The summed E-state index contributed by atoms with van der Waals surface area (Å²) in [5.41, 5.74) is 0. The van der Waals surface area contributed by atoms with Crippen molar-refractivity contribution < 1.29 is 0 Å². The van der Waals surface area contributed by atoms with Crippen molar-refractivity contribution in [3.05, 3.63) is 12.7 Å². The van der Waals surface area contributed by atoms with Gasteiger partial charge in [0, 0.05) is 18.6 Å². The van der Waals surface area contributed by atoms with Crippen LogP contribution in [0.1, 0.15) is 39.5 Å². The molecule has 1 heterocycles. The van der Waals surface area contributed by atoms with E-state index < -0.39 is 0 Å². The molecule has 1 aliphatic rings. The summed E-state index contributed by atoms with van der Waals surface area (Å²) in [6, 6.07) is 1.18. The van der Waals surface area contributed by atoms with Crippen molar-refractivity contribution in [2.45, 2.75) is 58.2 Å². The molecule has 1 aliphatic carbocycles. The Morgan fingerprint density at radius 3 is 2.69 bits per heavy atom. The minimum Gasteiger partial charge on any atom is -0.319 e. The second-order valence-corrected chi connectivity index (χ2v) is 5.09. The zero-order chi connectivity index (χ0) is 11.4. The highest BCUT2D eigenvalue weighted by molar-refractivity contribution is 4.80.